The second kappa shape index (κ2) is 9.34. The van der Waals surface area contributed by atoms with Gasteiger partial charge in [0.2, 0.25) is 0 Å². The lowest BCUT2D eigenvalue weighted by molar-refractivity contribution is 0.0378. The van der Waals surface area contributed by atoms with E-state index in [1.54, 1.807) is 24.8 Å². The van der Waals surface area contributed by atoms with E-state index >= 15 is 0 Å². The first kappa shape index (κ1) is 18.5. The van der Waals surface area contributed by atoms with Gasteiger partial charge in [0, 0.05) is 61.6 Å². The van der Waals surface area contributed by atoms with Gasteiger partial charge in [-0.3, -0.25) is 14.9 Å². The third-order valence-electron chi connectivity index (χ3n) is 4.70. The molecule has 0 amide bonds. The van der Waals surface area contributed by atoms with Gasteiger partial charge in [0.05, 0.1) is 18.9 Å². The first-order valence-electron chi connectivity index (χ1n) is 9.62. The SMILES string of the molecule is c1cc(-c2cc(NCCCN3CCOCC3)nc(-c3ccncc3)n2)ccn1. The zero-order chi connectivity index (χ0) is 19.0. The van der Waals surface area contributed by atoms with E-state index < -0.39 is 0 Å². The Morgan fingerprint density at radius 3 is 2.29 bits per heavy atom. The summed E-state index contributed by atoms with van der Waals surface area (Å²) >= 11 is 0. The normalized spacial score (nSPS) is 14.7. The van der Waals surface area contributed by atoms with Gasteiger partial charge < -0.3 is 10.1 Å². The summed E-state index contributed by atoms with van der Waals surface area (Å²) in [6, 6.07) is 9.76. The molecular formula is C21H24N6O. The van der Waals surface area contributed by atoms with Gasteiger partial charge in [-0.25, -0.2) is 9.97 Å². The maximum Gasteiger partial charge on any atom is 0.162 e. The predicted octanol–water partition coefficient (Wildman–Crippen LogP) is 2.73. The molecule has 3 aromatic rings. The highest BCUT2D eigenvalue weighted by molar-refractivity contribution is 5.66. The molecular weight excluding hydrogens is 352 g/mol. The van der Waals surface area contributed by atoms with Crippen molar-refractivity contribution >= 4 is 5.82 Å². The summed E-state index contributed by atoms with van der Waals surface area (Å²) in [7, 11) is 0. The van der Waals surface area contributed by atoms with Crippen LogP contribution in [0.5, 0.6) is 0 Å². The van der Waals surface area contributed by atoms with E-state index in [-0.39, 0.29) is 0 Å². The summed E-state index contributed by atoms with van der Waals surface area (Å²) in [5.74, 6) is 1.52. The second-order valence-electron chi connectivity index (χ2n) is 6.67. The van der Waals surface area contributed by atoms with Gasteiger partial charge in [0.15, 0.2) is 5.82 Å². The molecule has 144 valence electrons. The molecule has 0 radical (unpaired) electrons. The molecule has 1 aliphatic rings. The van der Waals surface area contributed by atoms with Crippen molar-refractivity contribution in [3.8, 4) is 22.6 Å². The fourth-order valence-electron chi connectivity index (χ4n) is 3.18. The monoisotopic (exact) mass is 376 g/mol. The molecule has 1 aliphatic heterocycles. The molecule has 0 aromatic carbocycles. The van der Waals surface area contributed by atoms with Gasteiger partial charge in [-0.05, 0) is 37.2 Å². The highest BCUT2D eigenvalue weighted by atomic mass is 16.5. The smallest absolute Gasteiger partial charge is 0.162 e. The van der Waals surface area contributed by atoms with Crippen molar-refractivity contribution in [1.82, 2.24) is 24.8 Å². The van der Waals surface area contributed by atoms with E-state index in [9.17, 15) is 0 Å². The van der Waals surface area contributed by atoms with Crippen LogP contribution in [0.15, 0.2) is 55.1 Å². The largest absolute Gasteiger partial charge is 0.379 e. The fourth-order valence-corrected chi connectivity index (χ4v) is 3.18. The number of morpholine rings is 1. The Hall–Kier alpha value is -2.90. The number of hydrogen-bond acceptors (Lipinski definition) is 7. The number of rotatable bonds is 7. The Kier molecular flexibility index (Phi) is 6.16. The molecule has 3 aromatic heterocycles. The number of pyridine rings is 2. The van der Waals surface area contributed by atoms with Crippen molar-refractivity contribution in [2.75, 3.05) is 44.7 Å². The Morgan fingerprint density at radius 1 is 0.893 bits per heavy atom. The van der Waals surface area contributed by atoms with E-state index in [4.69, 9.17) is 14.7 Å². The number of anilines is 1. The molecule has 0 bridgehead atoms. The summed E-state index contributed by atoms with van der Waals surface area (Å²) in [5.41, 5.74) is 2.84. The van der Waals surface area contributed by atoms with Crippen LogP contribution in [0.25, 0.3) is 22.6 Å². The summed E-state index contributed by atoms with van der Waals surface area (Å²) in [4.78, 5) is 20.1. The first-order valence-corrected chi connectivity index (χ1v) is 9.62. The van der Waals surface area contributed by atoms with Crippen molar-refractivity contribution in [1.29, 1.82) is 0 Å². The second-order valence-corrected chi connectivity index (χ2v) is 6.67. The topological polar surface area (TPSA) is 76.1 Å². The van der Waals surface area contributed by atoms with E-state index in [0.717, 1.165) is 68.5 Å². The minimum atomic E-state index is 0.687. The average molecular weight is 376 g/mol. The molecule has 0 atom stereocenters. The summed E-state index contributed by atoms with van der Waals surface area (Å²) in [6.07, 6.45) is 8.12. The molecule has 0 spiro atoms. The quantitative estimate of drug-likeness (QED) is 0.635. The van der Waals surface area contributed by atoms with E-state index in [0.29, 0.717) is 5.82 Å². The third-order valence-corrected chi connectivity index (χ3v) is 4.70. The maximum absolute atomic E-state index is 5.40. The van der Waals surface area contributed by atoms with Crippen molar-refractivity contribution in [3.05, 3.63) is 55.1 Å². The van der Waals surface area contributed by atoms with E-state index in [1.807, 2.05) is 30.3 Å². The first-order chi connectivity index (χ1) is 13.9. The number of nitrogens with one attached hydrogen (secondary N) is 1. The summed E-state index contributed by atoms with van der Waals surface area (Å²) in [6.45, 7) is 5.64. The molecule has 7 nitrogen and oxygen atoms in total. The molecule has 28 heavy (non-hydrogen) atoms. The Labute approximate surface area is 164 Å². The lowest BCUT2D eigenvalue weighted by atomic mass is 10.1. The minimum absolute atomic E-state index is 0.687. The molecule has 0 saturated carbocycles. The van der Waals surface area contributed by atoms with Gasteiger partial charge in [-0.2, -0.15) is 0 Å². The van der Waals surface area contributed by atoms with Gasteiger partial charge in [-0.15, -0.1) is 0 Å². The zero-order valence-corrected chi connectivity index (χ0v) is 15.8. The van der Waals surface area contributed by atoms with Crippen LogP contribution in [0.3, 0.4) is 0 Å². The maximum atomic E-state index is 5.40. The standard InChI is InChI=1S/C21H24N6O/c1(11-27-12-14-28-15-13-27)6-24-20-16-19(17-2-7-22-8-3-17)25-21(26-20)18-4-9-23-10-5-18/h2-5,7-10,16H,1,6,11-15H2,(H,24,25,26). The third kappa shape index (κ3) is 4.88. The highest BCUT2D eigenvalue weighted by Gasteiger charge is 2.11. The molecule has 4 heterocycles. The fraction of sp³-hybridized carbons (Fsp3) is 0.333. The van der Waals surface area contributed by atoms with Crippen LogP contribution < -0.4 is 5.32 Å². The van der Waals surface area contributed by atoms with Crippen LogP contribution in [0.4, 0.5) is 5.82 Å². The molecule has 1 fully saturated rings. The van der Waals surface area contributed by atoms with Crippen molar-refractivity contribution in [2.24, 2.45) is 0 Å². The van der Waals surface area contributed by atoms with Crippen LogP contribution in [0.1, 0.15) is 6.42 Å². The van der Waals surface area contributed by atoms with Crippen LogP contribution >= 0.6 is 0 Å². The van der Waals surface area contributed by atoms with Crippen LogP contribution in [-0.2, 0) is 4.74 Å². The number of ether oxygens (including phenoxy) is 1. The highest BCUT2D eigenvalue weighted by Crippen LogP contribution is 2.23. The molecule has 0 unspecified atom stereocenters. The molecule has 1 N–H and O–H groups in total. The van der Waals surface area contributed by atoms with Gasteiger partial charge in [-0.1, -0.05) is 0 Å². The summed E-state index contributed by atoms with van der Waals surface area (Å²) < 4.78 is 5.40. The summed E-state index contributed by atoms with van der Waals surface area (Å²) in [5, 5.41) is 3.46. The van der Waals surface area contributed by atoms with Crippen LogP contribution in [-0.4, -0.2) is 64.2 Å². The molecule has 0 aliphatic carbocycles. The molecule has 7 heteroatoms. The van der Waals surface area contributed by atoms with Gasteiger partial charge >= 0.3 is 0 Å². The number of nitrogens with zero attached hydrogens (tertiary/aromatic N) is 5. The van der Waals surface area contributed by atoms with Crippen molar-refractivity contribution in [2.45, 2.75) is 6.42 Å². The van der Waals surface area contributed by atoms with Gasteiger partial charge in [0.25, 0.3) is 0 Å². The number of aromatic nitrogens is 4. The number of hydrogen-bond donors (Lipinski definition) is 1. The van der Waals surface area contributed by atoms with Crippen LogP contribution in [0, 0.1) is 0 Å². The Balaban J connectivity index is 1.49. The van der Waals surface area contributed by atoms with Gasteiger partial charge in [0.1, 0.15) is 5.82 Å². The predicted molar refractivity (Wildman–Crippen MR) is 109 cm³/mol. The zero-order valence-electron chi connectivity index (χ0n) is 15.8. The Bertz CT molecular complexity index is 811. The molecule has 4 rings (SSSR count). The van der Waals surface area contributed by atoms with Crippen LogP contribution in [0.2, 0.25) is 0 Å². The minimum Gasteiger partial charge on any atom is -0.379 e. The van der Waals surface area contributed by atoms with Crippen molar-refractivity contribution < 1.29 is 4.74 Å². The average Bonchev–Trinajstić information content (AvgIpc) is 2.78. The van der Waals surface area contributed by atoms with Crippen molar-refractivity contribution in [3.63, 3.8) is 0 Å². The molecule has 1 saturated heterocycles. The lowest BCUT2D eigenvalue weighted by Gasteiger charge is -2.26. The van der Waals surface area contributed by atoms with E-state index in [1.165, 1.54) is 0 Å². The lowest BCUT2D eigenvalue weighted by Crippen LogP contribution is -2.37. The Morgan fingerprint density at radius 2 is 1.57 bits per heavy atom. The van der Waals surface area contributed by atoms with E-state index in [2.05, 4.69) is 20.2 Å².